The maximum absolute atomic E-state index is 5.86. The van der Waals surface area contributed by atoms with Crippen LogP contribution in [0.25, 0.3) is 10.8 Å². The lowest BCUT2D eigenvalue weighted by atomic mass is 10.1. The molecule has 0 bridgehead atoms. The molecule has 2 rings (SSSR count). The van der Waals surface area contributed by atoms with Crippen LogP contribution in [-0.4, -0.2) is 5.84 Å². The highest BCUT2D eigenvalue weighted by Gasteiger charge is 1.99. The third-order valence-corrected chi connectivity index (χ3v) is 2.54. The van der Waals surface area contributed by atoms with Gasteiger partial charge >= 0.3 is 0 Å². The molecule has 0 heterocycles. The first kappa shape index (κ1) is 10.7. The molecule has 0 amide bonds. The summed E-state index contributed by atoms with van der Waals surface area (Å²) in [6, 6.07) is 14.3. The van der Waals surface area contributed by atoms with E-state index in [0.29, 0.717) is 5.84 Å². The molecule has 2 N–H and O–H groups in total. The lowest BCUT2D eigenvalue weighted by Crippen LogP contribution is -2.09. The van der Waals surface area contributed by atoms with Gasteiger partial charge in [-0.15, -0.1) is 0 Å². The van der Waals surface area contributed by atoms with Crippen molar-refractivity contribution in [2.24, 2.45) is 10.7 Å². The molecule has 0 aliphatic rings. The van der Waals surface area contributed by atoms with Crippen LogP contribution in [0.4, 0.5) is 5.69 Å². The van der Waals surface area contributed by atoms with E-state index in [1.807, 2.05) is 24.3 Å². The van der Waals surface area contributed by atoms with Crippen molar-refractivity contribution in [3.63, 3.8) is 0 Å². The van der Waals surface area contributed by atoms with Crippen LogP contribution < -0.4 is 5.73 Å². The number of nitrogens with zero attached hydrogens (tertiary/aromatic N) is 1. The van der Waals surface area contributed by atoms with Gasteiger partial charge in [0, 0.05) is 11.8 Å². The Labute approximate surface area is 95.8 Å². The Kier molecular flexibility index (Phi) is 3.20. The molecule has 0 fully saturated rings. The number of benzene rings is 2. The second-order valence-corrected chi connectivity index (χ2v) is 3.85. The summed E-state index contributed by atoms with van der Waals surface area (Å²) in [5, 5.41) is 2.36. The van der Waals surface area contributed by atoms with E-state index in [9.17, 15) is 0 Å². The van der Waals surface area contributed by atoms with Gasteiger partial charge in [0.05, 0.1) is 11.5 Å². The van der Waals surface area contributed by atoms with E-state index in [0.717, 1.165) is 23.9 Å². The van der Waals surface area contributed by atoms with Gasteiger partial charge in [0.1, 0.15) is 0 Å². The molecule has 2 aromatic carbocycles. The van der Waals surface area contributed by atoms with E-state index in [2.05, 4.69) is 30.1 Å². The van der Waals surface area contributed by atoms with E-state index in [1.54, 1.807) is 0 Å². The molecule has 0 unspecified atom stereocenters. The van der Waals surface area contributed by atoms with Crippen molar-refractivity contribution in [2.45, 2.75) is 19.8 Å². The number of amidine groups is 1. The van der Waals surface area contributed by atoms with Gasteiger partial charge in [-0.2, -0.15) is 0 Å². The molecule has 2 aromatic rings. The molecular formula is C14H16N2. The molecule has 0 spiro atoms. The van der Waals surface area contributed by atoms with Crippen molar-refractivity contribution in [3.05, 3.63) is 42.5 Å². The number of rotatable bonds is 3. The molecule has 0 aliphatic carbocycles. The minimum Gasteiger partial charge on any atom is -0.387 e. The van der Waals surface area contributed by atoms with E-state index in [1.165, 1.54) is 5.39 Å². The first-order valence-electron chi connectivity index (χ1n) is 5.62. The summed E-state index contributed by atoms with van der Waals surface area (Å²) in [5.41, 5.74) is 6.82. The van der Waals surface area contributed by atoms with Gasteiger partial charge in [-0.25, -0.2) is 4.99 Å². The average Bonchev–Trinajstić information content (AvgIpc) is 2.30. The summed E-state index contributed by atoms with van der Waals surface area (Å²) in [4.78, 5) is 4.47. The predicted molar refractivity (Wildman–Crippen MR) is 70.1 cm³/mol. The maximum atomic E-state index is 5.86. The number of fused-ring (bicyclic) bond motifs is 1. The molecule has 16 heavy (non-hydrogen) atoms. The monoisotopic (exact) mass is 212 g/mol. The van der Waals surface area contributed by atoms with Crippen LogP contribution in [0.2, 0.25) is 0 Å². The molecule has 2 nitrogen and oxygen atoms in total. The van der Waals surface area contributed by atoms with Crippen molar-refractivity contribution in [2.75, 3.05) is 0 Å². The maximum Gasteiger partial charge on any atom is 0.0996 e. The van der Waals surface area contributed by atoms with Crippen LogP contribution in [0, 0.1) is 0 Å². The Bertz CT molecular complexity index is 510. The van der Waals surface area contributed by atoms with Gasteiger partial charge in [0.25, 0.3) is 0 Å². The zero-order valence-electron chi connectivity index (χ0n) is 9.48. The Balaban J connectivity index is 2.48. The largest absolute Gasteiger partial charge is 0.387 e. The highest BCUT2D eigenvalue weighted by molar-refractivity contribution is 5.95. The minimum absolute atomic E-state index is 0.707. The zero-order valence-corrected chi connectivity index (χ0v) is 9.48. The van der Waals surface area contributed by atoms with Gasteiger partial charge in [0.15, 0.2) is 0 Å². The van der Waals surface area contributed by atoms with E-state index in [4.69, 9.17) is 5.73 Å². The summed E-state index contributed by atoms with van der Waals surface area (Å²) in [6.45, 7) is 2.10. The topological polar surface area (TPSA) is 38.4 Å². The summed E-state index contributed by atoms with van der Waals surface area (Å²) >= 11 is 0. The molecular weight excluding hydrogens is 196 g/mol. The molecule has 0 atom stereocenters. The van der Waals surface area contributed by atoms with E-state index >= 15 is 0 Å². The molecule has 2 heteroatoms. The Hall–Kier alpha value is -1.83. The Morgan fingerprint density at radius 3 is 2.69 bits per heavy atom. The van der Waals surface area contributed by atoms with Crippen LogP contribution >= 0.6 is 0 Å². The molecule has 0 aromatic heterocycles. The first-order valence-corrected chi connectivity index (χ1v) is 5.62. The molecule has 0 saturated heterocycles. The number of hydrogen-bond donors (Lipinski definition) is 1. The van der Waals surface area contributed by atoms with E-state index in [-0.39, 0.29) is 0 Å². The summed E-state index contributed by atoms with van der Waals surface area (Å²) in [5.74, 6) is 0.707. The second-order valence-electron chi connectivity index (χ2n) is 3.85. The predicted octanol–water partition coefficient (Wildman–Crippen LogP) is 3.63. The van der Waals surface area contributed by atoms with Crippen molar-refractivity contribution in [1.29, 1.82) is 0 Å². The standard InChI is InChI=1S/C14H16N2/c1-2-6-14(15)16-13-10-5-8-11-7-3-4-9-12(11)13/h3-5,7-10H,2,6H2,1H3,(H2,15,16). The van der Waals surface area contributed by atoms with Crippen LogP contribution in [0.1, 0.15) is 19.8 Å². The van der Waals surface area contributed by atoms with Gasteiger partial charge < -0.3 is 5.73 Å². The fourth-order valence-electron chi connectivity index (χ4n) is 1.77. The lowest BCUT2D eigenvalue weighted by molar-refractivity contribution is 0.983. The fourth-order valence-corrected chi connectivity index (χ4v) is 1.77. The number of aliphatic imine (C=N–C) groups is 1. The second kappa shape index (κ2) is 4.79. The molecule has 0 aliphatic heterocycles. The average molecular weight is 212 g/mol. The molecule has 82 valence electrons. The van der Waals surface area contributed by atoms with Crippen molar-refractivity contribution in [3.8, 4) is 0 Å². The van der Waals surface area contributed by atoms with Gasteiger partial charge in [-0.1, -0.05) is 43.3 Å². The van der Waals surface area contributed by atoms with Crippen LogP contribution in [0.5, 0.6) is 0 Å². The van der Waals surface area contributed by atoms with Gasteiger partial charge in [-0.05, 0) is 17.9 Å². The number of nitrogens with two attached hydrogens (primary N) is 1. The number of hydrogen-bond acceptors (Lipinski definition) is 1. The third-order valence-electron chi connectivity index (χ3n) is 2.54. The van der Waals surface area contributed by atoms with Crippen LogP contribution in [-0.2, 0) is 0 Å². The van der Waals surface area contributed by atoms with Crippen LogP contribution in [0.3, 0.4) is 0 Å². The summed E-state index contributed by atoms with van der Waals surface area (Å²) < 4.78 is 0. The van der Waals surface area contributed by atoms with E-state index < -0.39 is 0 Å². The zero-order chi connectivity index (χ0) is 11.4. The van der Waals surface area contributed by atoms with Gasteiger partial charge in [-0.3, -0.25) is 0 Å². The lowest BCUT2D eigenvalue weighted by Gasteiger charge is -2.03. The SMILES string of the molecule is CCCC(N)=Nc1cccc2ccccc12. The normalized spacial score (nSPS) is 11.9. The summed E-state index contributed by atoms with van der Waals surface area (Å²) in [7, 11) is 0. The highest BCUT2D eigenvalue weighted by atomic mass is 14.9. The van der Waals surface area contributed by atoms with Crippen molar-refractivity contribution >= 4 is 22.3 Å². The van der Waals surface area contributed by atoms with Gasteiger partial charge in [0.2, 0.25) is 0 Å². The van der Waals surface area contributed by atoms with Crippen molar-refractivity contribution in [1.82, 2.24) is 0 Å². The van der Waals surface area contributed by atoms with Crippen LogP contribution in [0.15, 0.2) is 47.5 Å². The quantitative estimate of drug-likeness (QED) is 0.612. The smallest absolute Gasteiger partial charge is 0.0996 e. The minimum atomic E-state index is 0.707. The highest BCUT2D eigenvalue weighted by Crippen LogP contribution is 2.25. The van der Waals surface area contributed by atoms with Crippen molar-refractivity contribution < 1.29 is 0 Å². The Morgan fingerprint density at radius 1 is 1.12 bits per heavy atom. The molecule has 0 saturated carbocycles. The molecule has 0 radical (unpaired) electrons. The fraction of sp³-hybridized carbons (Fsp3) is 0.214. The first-order chi connectivity index (χ1) is 7.81. The summed E-state index contributed by atoms with van der Waals surface area (Å²) in [6.07, 6.45) is 1.88. The third kappa shape index (κ3) is 2.22. The Morgan fingerprint density at radius 2 is 1.88 bits per heavy atom.